The van der Waals surface area contributed by atoms with Crippen LogP contribution in [0.1, 0.15) is 33.1 Å². The van der Waals surface area contributed by atoms with Crippen molar-refractivity contribution < 1.29 is 14.4 Å². The summed E-state index contributed by atoms with van der Waals surface area (Å²) in [6, 6.07) is -0.483. The smallest absolute Gasteiger partial charge is 0.327 e. The predicted octanol–water partition coefficient (Wildman–Crippen LogP) is 0.607. The average Bonchev–Trinajstić information content (AvgIpc) is 3.10. The van der Waals surface area contributed by atoms with E-state index in [2.05, 4.69) is 5.32 Å². The number of urea groups is 2. The Bertz CT molecular complexity index is 495. The van der Waals surface area contributed by atoms with E-state index in [-0.39, 0.29) is 24.0 Å². The van der Waals surface area contributed by atoms with Gasteiger partial charge in [-0.25, -0.2) is 9.59 Å². The molecule has 0 saturated carbocycles. The van der Waals surface area contributed by atoms with Gasteiger partial charge in [0.15, 0.2) is 0 Å². The fraction of sp³-hybridized carbons (Fsp3) is 0.786. The molecule has 21 heavy (non-hydrogen) atoms. The number of carbonyl (C=O) groups excluding carboxylic acids is 3. The fourth-order valence-electron chi connectivity index (χ4n) is 3.69. The van der Waals surface area contributed by atoms with Gasteiger partial charge in [-0.3, -0.25) is 9.69 Å². The molecule has 0 spiro atoms. The summed E-state index contributed by atoms with van der Waals surface area (Å²) in [6.45, 7) is 5.99. The van der Waals surface area contributed by atoms with E-state index in [1.807, 2.05) is 13.8 Å². The topological polar surface area (TPSA) is 73.0 Å². The normalized spacial score (nSPS) is 32.1. The molecule has 0 radical (unpaired) electrons. The largest absolute Gasteiger partial charge is 0.338 e. The summed E-state index contributed by atoms with van der Waals surface area (Å²) in [7, 11) is 0. The first-order valence-electron chi connectivity index (χ1n) is 7.67. The van der Waals surface area contributed by atoms with Crippen LogP contribution < -0.4 is 5.32 Å². The van der Waals surface area contributed by atoms with Gasteiger partial charge in [0.2, 0.25) is 0 Å². The van der Waals surface area contributed by atoms with Crippen molar-refractivity contribution in [3.05, 3.63) is 0 Å². The number of hydrogen-bond acceptors (Lipinski definition) is 3. The van der Waals surface area contributed by atoms with Crippen molar-refractivity contribution in [1.29, 1.82) is 0 Å². The molecule has 2 atom stereocenters. The Kier molecular flexibility index (Phi) is 3.30. The van der Waals surface area contributed by atoms with Crippen LogP contribution >= 0.6 is 0 Å². The summed E-state index contributed by atoms with van der Waals surface area (Å²) in [5.41, 5.74) is -0.657. The van der Waals surface area contributed by atoms with Crippen LogP contribution in [0.5, 0.6) is 0 Å². The second kappa shape index (κ2) is 4.89. The molecule has 3 rings (SSSR count). The van der Waals surface area contributed by atoms with Crippen LogP contribution in [0.3, 0.4) is 0 Å². The summed E-state index contributed by atoms with van der Waals surface area (Å²) in [5.74, 6) is -0.0900. The van der Waals surface area contributed by atoms with Gasteiger partial charge in [0.25, 0.3) is 5.91 Å². The van der Waals surface area contributed by atoms with Crippen LogP contribution in [0.15, 0.2) is 0 Å². The average molecular weight is 294 g/mol. The standard InChI is InChI=1S/C14H22N4O3/c1-3-15-12(20)16-8-5-10(9-16)18-11(19)14(2)6-4-7-17(14)13(18)21/h10H,3-9H2,1-2H3,(H,15,20)/t10-,14-/m1/s1. The van der Waals surface area contributed by atoms with Gasteiger partial charge in [-0.1, -0.05) is 0 Å². The van der Waals surface area contributed by atoms with Crippen molar-refractivity contribution in [3.8, 4) is 0 Å². The Labute approximate surface area is 124 Å². The maximum atomic E-state index is 12.7. The second-order valence-corrected chi connectivity index (χ2v) is 6.21. The second-order valence-electron chi connectivity index (χ2n) is 6.21. The first kappa shape index (κ1) is 14.2. The third-order valence-electron chi connectivity index (χ3n) is 4.90. The Hall–Kier alpha value is -1.79. The van der Waals surface area contributed by atoms with Gasteiger partial charge in [0, 0.05) is 26.2 Å². The highest BCUT2D eigenvalue weighted by molar-refractivity contribution is 6.07. The number of hydrogen-bond donors (Lipinski definition) is 1. The van der Waals surface area contributed by atoms with Gasteiger partial charge < -0.3 is 15.1 Å². The lowest BCUT2D eigenvalue weighted by molar-refractivity contribution is -0.133. The maximum Gasteiger partial charge on any atom is 0.327 e. The van der Waals surface area contributed by atoms with Crippen molar-refractivity contribution in [2.24, 2.45) is 0 Å². The third-order valence-corrected chi connectivity index (χ3v) is 4.90. The van der Waals surface area contributed by atoms with Crippen molar-refractivity contribution in [3.63, 3.8) is 0 Å². The molecule has 0 aromatic carbocycles. The number of rotatable bonds is 2. The number of fused-ring (bicyclic) bond motifs is 1. The molecule has 116 valence electrons. The third kappa shape index (κ3) is 1.98. The van der Waals surface area contributed by atoms with Crippen molar-refractivity contribution in [2.75, 3.05) is 26.2 Å². The zero-order valence-electron chi connectivity index (χ0n) is 12.6. The molecule has 0 aromatic rings. The van der Waals surface area contributed by atoms with Gasteiger partial charge in [-0.15, -0.1) is 0 Å². The van der Waals surface area contributed by atoms with E-state index in [1.165, 1.54) is 4.90 Å². The molecule has 3 fully saturated rings. The summed E-state index contributed by atoms with van der Waals surface area (Å²) in [6.07, 6.45) is 2.29. The predicted molar refractivity (Wildman–Crippen MR) is 75.6 cm³/mol. The number of carbonyl (C=O) groups is 3. The van der Waals surface area contributed by atoms with E-state index in [9.17, 15) is 14.4 Å². The van der Waals surface area contributed by atoms with Crippen molar-refractivity contribution in [1.82, 2.24) is 20.0 Å². The Morgan fingerprint density at radius 2 is 2.14 bits per heavy atom. The quantitative estimate of drug-likeness (QED) is 0.758. The molecule has 0 bridgehead atoms. The van der Waals surface area contributed by atoms with E-state index in [0.29, 0.717) is 32.6 Å². The lowest BCUT2D eigenvalue weighted by Gasteiger charge is -2.23. The van der Waals surface area contributed by atoms with E-state index in [0.717, 1.165) is 12.8 Å². The van der Waals surface area contributed by atoms with Crippen LogP contribution in [0.2, 0.25) is 0 Å². The number of nitrogens with zero attached hydrogens (tertiary/aromatic N) is 3. The number of imide groups is 1. The molecule has 0 aromatic heterocycles. The molecule has 3 aliphatic heterocycles. The van der Waals surface area contributed by atoms with Crippen LogP contribution in [-0.4, -0.2) is 70.4 Å². The maximum absolute atomic E-state index is 12.7. The minimum absolute atomic E-state index is 0.0900. The molecule has 3 saturated heterocycles. The van der Waals surface area contributed by atoms with Gasteiger partial charge >= 0.3 is 12.1 Å². The lowest BCUT2D eigenvalue weighted by atomic mass is 9.99. The fourth-order valence-corrected chi connectivity index (χ4v) is 3.69. The SMILES string of the molecule is CCNC(=O)N1CC[C@@H](N2C(=O)N3CCC[C@]3(C)C2=O)C1. The molecule has 7 heteroatoms. The molecule has 3 aliphatic rings. The minimum atomic E-state index is -0.657. The number of likely N-dealkylation sites (tertiary alicyclic amines) is 1. The number of amides is 5. The van der Waals surface area contributed by atoms with E-state index in [1.54, 1.807) is 9.80 Å². The van der Waals surface area contributed by atoms with E-state index < -0.39 is 5.54 Å². The van der Waals surface area contributed by atoms with Gasteiger partial charge in [-0.05, 0) is 33.1 Å². The molecule has 3 heterocycles. The zero-order valence-corrected chi connectivity index (χ0v) is 12.6. The highest BCUT2D eigenvalue weighted by atomic mass is 16.2. The van der Waals surface area contributed by atoms with Crippen molar-refractivity contribution >= 4 is 18.0 Å². The first-order valence-corrected chi connectivity index (χ1v) is 7.67. The number of nitrogens with one attached hydrogen (secondary N) is 1. The molecule has 5 amide bonds. The Balaban J connectivity index is 1.73. The monoisotopic (exact) mass is 294 g/mol. The van der Waals surface area contributed by atoms with Crippen LogP contribution in [0, 0.1) is 0 Å². The molecule has 0 unspecified atom stereocenters. The Morgan fingerprint density at radius 3 is 2.81 bits per heavy atom. The van der Waals surface area contributed by atoms with Crippen LogP contribution in [-0.2, 0) is 4.79 Å². The highest BCUT2D eigenvalue weighted by Crippen LogP contribution is 2.39. The van der Waals surface area contributed by atoms with Gasteiger partial charge in [-0.2, -0.15) is 0 Å². The minimum Gasteiger partial charge on any atom is -0.338 e. The lowest BCUT2D eigenvalue weighted by Crippen LogP contribution is -2.46. The summed E-state index contributed by atoms with van der Waals surface area (Å²) in [5, 5.41) is 2.76. The van der Waals surface area contributed by atoms with Crippen LogP contribution in [0.25, 0.3) is 0 Å². The van der Waals surface area contributed by atoms with Crippen LogP contribution in [0.4, 0.5) is 9.59 Å². The highest BCUT2D eigenvalue weighted by Gasteiger charge is 2.58. The van der Waals surface area contributed by atoms with E-state index in [4.69, 9.17) is 0 Å². The summed E-state index contributed by atoms with van der Waals surface area (Å²) >= 11 is 0. The summed E-state index contributed by atoms with van der Waals surface area (Å²) in [4.78, 5) is 41.8. The molecule has 1 N–H and O–H groups in total. The Morgan fingerprint density at radius 1 is 1.38 bits per heavy atom. The molecular weight excluding hydrogens is 272 g/mol. The molecule has 7 nitrogen and oxygen atoms in total. The summed E-state index contributed by atoms with van der Waals surface area (Å²) < 4.78 is 0. The zero-order chi connectivity index (χ0) is 15.2. The van der Waals surface area contributed by atoms with Gasteiger partial charge in [0.05, 0.1) is 6.04 Å². The van der Waals surface area contributed by atoms with Crippen molar-refractivity contribution in [2.45, 2.75) is 44.7 Å². The van der Waals surface area contributed by atoms with Gasteiger partial charge in [0.1, 0.15) is 5.54 Å². The molecular formula is C14H22N4O3. The molecule has 0 aliphatic carbocycles. The first-order chi connectivity index (χ1) is 9.99. The van der Waals surface area contributed by atoms with E-state index >= 15 is 0 Å².